The number of phenols is 1. The molecule has 1 aliphatic carbocycles. The fourth-order valence-electron chi connectivity index (χ4n) is 4.16. The molecular formula is C21H34N4O. The second-order valence-corrected chi connectivity index (χ2v) is 7.59. The van der Waals surface area contributed by atoms with Gasteiger partial charge in [0.1, 0.15) is 5.75 Å². The first-order valence-corrected chi connectivity index (χ1v) is 10.3. The molecule has 0 aromatic heterocycles. The van der Waals surface area contributed by atoms with Crippen LogP contribution in [0.2, 0.25) is 0 Å². The van der Waals surface area contributed by atoms with Crippen molar-refractivity contribution in [1.29, 1.82) is 0 Å². The fourth-order valence-corrected chi connectivity index (χ4v) is 4.16. The van der Waals surface area contributed by atoms with Gasteiger partial charge in [-0.2, -0.15) is 0 Å². The smallest absolute Gasteiger partial charge is 0.191 e. The zero-order valence-electron chi connectivity index (χ0n) is 16.1. The second kappa shape index (κ2) is 9.81. The van der Waals surface area contributed by atoms with Gasteiger partial charge >= 0.3 is 0 Å². The number of benzene rings is 1. The predicted octanol–water partition coefficient (Wildman–Crippen LogP) is 2.90. The number of hydrogen-bond donors (Lipinski definition) is 3. The number of nitrogens with one attached hydrogen (secondary N) is 2. The standard InChI is InChI=1S/C21H34N4O/c1-2-22-21(23-14-5-6-17-9-11-20(26)12-10-17)24-18-13-15-25(16-18)19-7-3-4-8-19/h9-12,18-19,26H,2-8,13-16H2,1H3,(H2,22,23,24). The van der Waals surface area contributed by atoms with E-state index in [1.807, 2.05) is 12.1 Å². The monoisotopic (exact) mass is 358 g/mol. The lowest BCUT2D eigenvalue weighted by Crippen LogP contribution is -2.45. The summed E-state index contributed by atoms with van der Waals surface area (Å²) in [5.41, 5.74) is 1.25. The Kier molecular flexibility index (Phi) is 7.18. The summed E-state index contributed by atoms with van der Waals surface area (Å²) in [4.78, 5) is 7.44. The average Bonchev–Trinajstić information content (AvgIpc) is 3.32. The number of aliphatic imine (C=N–C) groups is 1. The van der Waals surface area contributed by atoms with Crippen molar-refractivity contribution in [3.63, 3.8) is 0 Å². The number of rotatable bonds is 7. The first-order chi connectivity index (χ1) is 12.7. The normalized spacial score (nSPS) is 22.0. The van der Waals surface area contributed by atoms with Gasteiger partial charge in [-0.15, -0.1) is 0 Å². The van der Waals surface area contributed by atoms with Crippen LogP contribution in [0, 0.1) is 0 Å². The Morgan fingerprint density at radius 1 is 1.19 bits per heavy atom. The molecule has 3 N–H and O–H groups in total. The van der Waals surface area contributed by atoms with Crippen LogP contribution < -0.4 is 10.6 Å². The molecule has 26 heavy (non-hydrogen) atoms. The summed E-state index contributed by atoms with van der Waals surface area (Å²) in [6.07, 6.45) is 8.81. The van der Waals surface area contributed by atoms with E-state index in [0.29, 0.717) is 11.8 Å². The van der Waals surface area contributed by atoms with E-state index in [1.54, 1.807) is 12.1 Å². The summed E-state index contributed by atoms with van der Waals surface area (Å²) in [5.74, 6) is 1.28. The Morgan fingerprint density at radius 2 is 1.96 bits per heavy atom. The van der Waals surface area contributed by atoms with E-state index >= 15 is 0 Å². The third kappa shape index (κ3) is 5.63. The highest BCUT2D eigenvalue weighted by Crippen LogP contribution is 2.26. The van der Waals surface area contributed by atoms with E-state index in [2.05, 4.69) is 22.5 Å². The van der Waals surface area contributed by atoms with E-state index in [1.165, 1.54) is 44.2 Å². The number of aryl methyl sites for hydroxylation is 1. The molecule has 5 heteroatoms. The summed E-state index contributed by atoms with van der Waals surface area (Å²) in [5, 5.41) is 16.4. The minimum atomic E-state index is 0.327. The van der Waals surface area contributed by atoms with E-state index in [4.69, 9.17) is 4.99 Å². The Morgan fingerprint density at radius 3 is 2.69 bits per heavy atom. The van der Waals surface area contributed by atoms with Crippen LogP contribution in [0.25, 0.3) is 0 Å². The topological polar surface area (TPSA) is 59.9 Å². The molecule has 1 heterocycles. The van der Waals surface area contributed by atoms with Crippen molar-refractivity contribution in [1.82, 2.24) is 15.5 Å². The molecule has 2 fully saturated rings. The summed E-state index contributed by atoms with van der Waals surface area (Å²) in [6, 6.07) is 8.81. The first kappa shape index (κ1) is 19.0. The molecule has 1 aliphatic heterocycles. The summed E-state index contributed by atoms with van der Waals surface area (Å²) in [7, 11) is 0. The maximum atomic E-state index is 9.34. The molecule has 1 aromatic rings. The third-order valence-electron chi connectivity index (χ3n) is 5.58. The molecule has 2 aliphatic rings. The zero-order valence-corrected chi connectivity index (χ0v) is 16.1. The van der Waals surface area contributed by atoms with Gasteiger partial charge in [0.2, 0.25) is 0 Å². The van der Waals surface area contributed by atoms with Crippen LogP contribution in [-0.4, -0.2) is 54.2 Å². The van der Waals surface area contributed by atoms with E-state index in [-0.39, 0.29) is 0 Å². The van der Waals surface area contributed by atoms with Gasteiger partial charge in [0.05, 0.1) is 0 Å². The maximum Gasteiger partial charge on any atom is 0.191 e. The summed E-state index contributed by atoms with van der Waals surface area (Å²) in [6.45, 7) is 6.20. The third-order valence-corrected chi connectivity index (χ3v) is 5.58. The summed E-state index contributed by atoms with van der Waals surface area (Å²) >= 11 is 0. The molecule has 0 amide bonds. The van der Waals surface area contributed by atoms with Crippen molar-refractivity contribution in [3.8, 4) is 5.75 Å². The van der Waals surface area contributed by atoms with E-state index in [9.17, 15) is 5.11 Å². The average molecular weight is 359 g/mol. The molecule has 1 unspecified atom stereocenters. The van der Waals surface area contributed by atoms with Crippen LogP contribution in [-0.2, 0) is 6.42 Å². The highest BCUT2D eigenvalue weighted by Gasteiger charge is 2.30. The fraction of sp³-hybridized carbons (Fsp3) is 0.667. The van der Waals surface area contributed by atoms with Gasteiger partial charge in [0.15, 0.2) is 5.96 Å². The van der Waals surface area contributed by atoms with E-state index in [0.717, 1.165) is 44.5 Å². The molecule has 1 saturated heterocycles. The lowest BCUT2D eigenvalue weighted by atomic mass is 10.1. The van der Waals surface area contributed by atoms with Crippen LogP contribution in [0.1, 0.15) is 51.0 Å². The lowest BCUT2D eigenvalue weighted by Gasteiger charge is -2.24. The van der Waals surface area contributed by atoms with Gasteiger partial charge in [0, 0.05) is 38.3 Å². The highest BCUT2D eigenvalue weighted by atomic mass is 16.3. The van der Waals surface area contributed by atoms with Crippen LogP contribution in [0.4, 0.5) is 0 Å². The number of hydrogen-bond acceptors (Lipinski definition) is 3. The number of guanidine groups is 1. The minimum Gasteiger partial charge on any atom is -0.508 e. The van der Waals surface area contributed by atoms with Crippen molar-refractivity contribution in [2.24, 2.45) is 4.99 Å². The van der Waals surface area contributed by atoms with Gasteiger partial charge in [-0.3, -0.25) is 9.89 Å². The highest BCUT2D eigenvalue weighted by molar-refractivity contribution is 5.80. The van der Waals surface area contributed by atoms with Crippen molar-refractivity contribution in [2.45, 2.75) is 64.0 Å². The van der Waals surface area contributed by atoms with Gasteiger partial charge in [-0.25, -0.2) is 0 Å². The second-order valence-electron chi connectivity index (χ2n) is 7.59. The van der Waals surface area contributed by atoms with Gasteiger partial charge in [-0.1, -0.05) is 25.0 Å². The van der Waals surface area contributed by atoms with Crippen molar-refractivity contribution >= 4 is 5.96 Å². The van der Waals surface area contributed by atoms with Crippen LogP contribution in [0.15, 0.2) is 29.3 Å². The number of likely N-dealkylation sites (tertiary alicyclic amines) is 1. The van der Waals surface area contributed by atoms with Crippen LogP contribution in [0.3, 0.4) is 0 Å². The largest absolute Gasteiger partial charge is 0.508 e. The molecule has 0 spiro atoms. The summed E-state index contributed by atoms with van der Waals surface area (Å²) < 4.78 is 0. The Balaban J connectivity index is 1.42. The molecule has 1 aromatic carbocycles. The molecule has 1 saturated carbocycles. The predicted molar refractivity (Wildman–Crippen MR) is 108 cm³/mol. The van der Waals surface area contributed by atoms with Crippen molar-refractivity contribution < 1.29 is 5.11 Å². The van der Waals surface area contributed by atoms with Crippen LogP contribution in [0.5, 0.6) is 5.75 Å². The van der Waals surface area contributed by atoms with Gasteiger partial charge in [-0.05, 0) is 56.7 Å². The quantitative estimate of drug-likeness (QED) is 0.398. The SMILES string of the molecule is CCNC(=NCCCc1ccc(O)cc1)NC1CCN(C2CCCC2)C1. The lowest BCUT2D eigenvalue weighted by molar-refractivity contribution is 0.242. The molecule has 0 radical (unpaired) electrons. The van der Waals surface area contributed by atoms with Gasteiger partial charge < -0.3 is 15.7 Å². The minimum absolute atomic E-state index is 0.327. The first-order valence-electron chi connectivity index (χ1n) is 10.3. The Hall–Kier alpha value is -1.75. The van der Waals surface area contributed by atoms with Crippen LogP contribution >= 0.6 is 0 Å². The molecule has 1 atom stereocenters. The Bertz CT molecular complexity index is 566. The molecular weight excluding hydrogens is 324 g/mol. The zero-order chi connectivity index (χ0) is 18.2. The Labute approximate surface area is 157 Å². The van der Waals surface area contributed by atoms with Gasteiger partial charge in [0.25, 0.3) is 0 Å². The molecule has 5 nitrogen and oxygen atoms in total. The number of phenolic OH excluding ortho intramolecular Hbond substituents is 1. The molecule has 0 bridgehead atoms. The van der Waals surface area contributed by atoms with Crippen molar-refractivity contribution in [3.05, 3.63) is 29.8 Å². The number of nitrogens with zero attached hydrogens (tertiary/aromatic N) is 2. The molecule has 144 valence electrons. The van der Waals surface area contributed by atoms with E-state index < -0.39 is 0 Å². The maximum absolute atomic E-state index is 9.34. The molecule has 3 rings (SSSR count). The van der Waals surface area contributed by atoms with Crippen molar-refractivity contribution in [2.75, 3.05) is 26.2 Å². The number of aromatic hydroxyl groups is 1.